The summed E-state index contributed by atoms with van der Waals surface area (Å²) in [6.07, 6.45) is -0.531. The largest absolute Gasteiger partial charge is 0.460 e. The second kappa shape index (κ2) is 13.3. The lowest BCUT2D eigenvalue weighted by molar-refractivity contribution is -0.162. The Kier molecular flexibility index (Phi) is 10.5. The Hall–Kier alpha value is -3.61. The van der Waals surface area contributed by atoms with Crippen molar-refractivity contribution in [2.75, 3.05) is 6.54 Å². The van der Waals surface area contributed by atoms with Crippen LogP contribution in [0.4, 0.5) is 4.79 Å². The molecule has 0 heterocycles. The average Bonchev–Trinajstić information content (AvgIpc) is 2.83. The summed E-state index contributed by atoms with van der Waals surface area (Å²) in [6.45, 7) is 11.1. The summed E-state index contributed by atoms with van der Waals surface area (Å²) in [6, 6.07) is 17.1. The van der Waals surface area contributed by atoms with Gasteiger partial charge in [0.1, 0.15) is 24.9 Å². The van der Waals surface area contributed by atoms with E-state index >= 15 is 0 Å². The van der Waals surface area contributed by atoms with Gasteiger partial charge in [-0.05, 0) is 38.3 Å². The summed E-state index contributed by atoms with van der Waals surface area (Å²) < 4.78 is 16.4. The first-order chi connectivity index (χ1) is 16.6. The molecule has 2 rings (SSSR count). The molecule has 188 valence electrons. The van der Waals surface area contributed by atoms with Crippen molar-refractivity contribution in [2.24, 2.45) is 0 Å². The van der Waals surface area contributed by atoms with E-state index in [4.69, 9.17) is 14.2 Å². The highest BCUT2D eigenvalue weighted by Gasteiger charge is 2.36. The van der Waals surface area contributed by atoms with Crippen LogP contribution >= 0.6 is 0 Å². The van der Waals surface area contributed by atoms with E-state index in [0.29, 0.717) is 12.0 Å². The molecule has 0 aliphatic rings. The zero-order chi connectivity index (χ0) is 25.8. The minimum absolute atomic E-state index is 0.00607. The van der Waals surface area contributed by atoms with E-state index in [1.54, 1.807) is 20.8 Å². The van der Waals surface area contributed by atoms with Crippen LogP contribution in [-0.2, 0) is 37.0 Å². The second-order valence-corrected chi connectivity index (χ2v) is 9.17. The van der Waals surface area contributed by atoms with Crippen molar-refractivity contribution in [3.05, 3.63) is 83.9 Å². The molecule has 0 aliphatic carbocycles. The van der Waals surface area contributed by atoms with E-state index < -0.39 is 29.7 Å². The Balaban J connectivity index is 2.26. The standard InChI is InChI=1S/C28H35NO6/c1-6-21(2)18-29(27(32)34-20-23-15-11-8-12-16-23)24(17-25(30)35-28(3,4)5)26(31)33-19-22-13-9-7-10-14-22/h7-16,24H,2,6,17-20H2,1,3-5H3/t24-/m0/s1. The van der Waals surface area contributed by atoms with Crippen molar-refractivity contribution >= 4 is 18.0 Å². The van der Waals surface area contributed by atoms with Gasteiger partial charge in [-0.3, -0.25) is 9.69 Å². The fourth-order valence-electron chi connectivity index (χ4n) is 3.14. The van der Waals surface area contributed by atoms with Gasteiger partial charge in [0.15, 0.2) is 0 Å². The first kappa shape index (κ1) is 27.6. The molecule has 0 aliphatic heterocycles. The maximum absolute atomic E-state index is 13.2. The van der Waals surface area contributed by atoms with E-state index in [1.807, 2.05) is 67.6 Å². The van der Waals surface area contributed by atoms with Gasteiger partial charge < -0.3 is 14.2 Å². The maximum Gasteiger partial charge on any atom is 0.411 e. The molecule has 0 spiro atoms. The first-order valence-electron chi connectivity index (χ1n) is 11.7. The second-order valence-electron chi connectivity index (χ2n) is 9.17. The molecule has 2 aromatic carbocycles. The topological polar surface area (TPSA) is 82.1 Å². The minimum Gasteiger partial charge on any atom is -0.460 e. The van der Waals surface area contributed by atoms with E-state index in [9.17, 15) is 14.4 Å². The number of esters is 2. The Morgan fingerprint density at radius 1 is 0.886 bits per heavy atom. The zero-order valence-corrected chi connectivity index (χ0v) is 21.0. The smallest absolute Gasteiger partial charge is 0.411 e. The summed E-state index contributed by atoms with van der Waals surface area (Å²) in [4.78, 5) is 40.2. The van der Waals surface area contributed by atoms with Gasteiger partial charge in [0, 0.05) is 6.54 Å². The number of carbonyl (C=O) groups excluding carboxylic acids is 3. The van der Waals surface area contributed by atoms with Gasteiger partial charge in [0.05, 0.1) is 6.42 Å². The molecule has 0 bridgehead atoms. The summed E-state index contributed by atoms with van der Waals surface area (Å²) in [5.41, 5.74) is 1.53. The molecule has 0 N–H and O–H groups in total. The molecular weight excluding hydrogens is 446 g/mol. The molecular formula is C28H35NO6. The van der Waals surface area contributed by atoms with Gasteiger partial charge in [-0.25, -0.2) is 9.59 Å². The van der Waals surface area contributed by atoms with E-state index in [1.165, 1.54) is 4.90 Å². The number of benzene rings is 2. The third kappa shape index (κ3) is 10.0. The van der Waals surface area contributed by atoms with Gasteiger partial charge in [-0.15, -0.1) is 0 Å². The fraction of sp³-hybridized carbons (Fsp3) is 0.393. The van der Waals surface area contributed by atoms with E-state index in [-0.39, 0.29) is 26.2 Å². The van der Waals surface area contributed by atoms with Crippen molar-refractivity contribution in [1.29, 1.82) is 0 Å². The van der Waals surface area contributed by atoms with Crippen molar-refractivity contribution < 1.29 is 28.6 Å². The van der Waals surface area contributed by atoms with E-state index in [0.717, 1.165) is 11.1 Å². The van der Waals surface area contributed by atoms with E-state index in [2.05, 4.69) is 6.58 Å². The molecule has 0 saturated carbocycles. The van der Waals surface area contributed by atoms with Gasteiger partial charge in [0.25, 0.3) is 0 Å². The molecule has 7 heteroatoms. The number of hydrogen-bond acceptors (Lipinski definition) is 6. The van der Waals surface area contributed by atoms with Gasteiger partial charge in [0.2, 0.25) is 0 Å². The van der Waals surface area contributed by atoms with Crippen LogP contribution in [0.3, 0.4) is 0 Å². The van der Waals surface area contributed by atoms with Crippen LogP contribution in [0.2, 0.25) is 0 Å². The third-order valence-corrected chi connectivity index (χ3v) is 4.99. The Morgan fingerprint density at radius 2 is 1.40 bits per heavy atom. The monoisotopic (exact) mass is 481 g/mol. The first-order valence-corrected chi connectivity index (χ1v) is 11.7. The van der Waals surface area contributed by atoms with Gasteiger partial charge in [-0.1, -0.05) is 79.7 Å². The molecule has 0 saturated heterocycles. The highest BCUT2D eigenvalue weighted by molar-refractivity contribution is 5.86. The fourth-order valence-corrected chi connectivity index (χ4v) is 3.14. The number of amides is 1. The lowest BCUT2D eigenvalue weighted by atomic mass is 10.1. The minimum atomic E-state index is -1.24. The van der Waals surface area contributed by atoms with Crippen LogP contribution in [0.25, 0.3) is 0 Å². The highest BCUT2D eigenvalue weighted by atomic mass is 16.6. The van der Waals surface area contributed by atoms with Crippen molar-refractivity contribution in [1.82, 2.24) is 4.90 Å². The summed E-state index contributed by atoms with van der Waals surface area (Å²) in [7, 11) is 0. The summed E-state index contributed by atoms with van der Waals surface area (Å²) in [5, 5.41) is 0. The van der Waals surface area contributed by atoms with Gasteiger partial charge >= 0.3 is 18.0 Å². The summed E-state index contributed by atoms with van der Waals surface area (Å²) >= 11 is 0. The van der Waals surface area contributed by atoms with Crippen LogP contribution in [0.5, 0.6) is 0 Å². The van der Waals surface area contributed by atoms with Crippen molar-refractivity contribution in [3.8, 4) is 0 Å². The number of rotatable bonds is 11. The lowest BCUT2D eigenvalue weighted by Crippen LogP contribution is -2.48. The molecule has 1 atom stereocenters. The van der Waals surface area contributed by atoms with Crippen molar-refractivity contribution in [2.45, 2.75) is 65.4 Å². The van der Waals surface area contributed by atoms with Crippen molar-refractivity contribution in [3.63, 3.8) is 0 Å². The number of carbonyl (C=O) groups is 3. The Labute approximate surface area is 207 Å². The van der Waals surface area contributed by atoms with Crippen LogP contribution in [0.15, 0.2) is 72.8 Å². The zero-order valence-electron chi connectivity index (χ0n) is 21.0. The predicted molar refractivity (Wildman–Crippen MR) is 133 cm³/mol. The Bertz CT molecular complexity index is 982. The van der Waals surface area contributed by atoms with Gasteiger partial charge in [-0.2, -0.15) is 0 Å². The van der Waals surface area contributed by atoms with Crippen LogP contribution in [0, 0.1) is 0 Å². The van der Waals surface area contributed by atoms with Crippen LogP contribution in [-0.4, -0.2) is 41.1 Å². The Morgan fingerprint density at radius 3 is 1.89 bits per heavy atom. The quantitative estimate of drug-likeness (QED) is 0.242. The SMILES string of the molecule is C=C(CC)CN(C(=O)OCc1ccccc1)[C@@H](CC(=O)OC(C)(C)C)C(=O)OCc1ccccc1. The number of ether oxygens (including phenoxy) is 3. The third-order valence-electron chi connectivity index (χ3n) is 4.99. The number of nitrogens with zero attached hydrogens (tertiary/aromatic N) is 1. The molecule has 0 fully saturated rings. The average molecular weight is 482 g/mol. The highest BCUT2D eigenvalue weighted by Crippen LogP contribution is 2.18. The molecule has 7 nitrogen and oxygen atoms in total. The molecule has 0 radical (unpaired) electrons. The molecule has 2 aromatic rings. The molecule has 0 aromatic heterocycles. The number of hydrogen-bond donors (Lipinski definition) is 0. The predicted octanol–water partition coefficient (Wildman–Crippen LogP) is 5.44. The maximum atomic E-state index is 13.2. The molecule has 35 heavy (non-hydrogen) atoms. The lowest BCUT2D eigenvalue weighted by Gasteiger charge is -2.30. The van der Waals surface area contributed by atoms with Crippen LogP contribution < -0.4 is 0 Å². The normalized spacial score (nSPS) is 11.8. The van der Waals surface area contributed by atoms with Crippen LogP contribution in [0.1, 0.15) is 51.7 Å². The molecule has 1 amide bonds. The summed E-state index contributed by atoms with van der Waals surface area (Å²) in [5.74, 6) is -1.34. The molecule has 0 unspecified atom stereocenters.